The molecule has 7 nitrogen and oxygen atoms in total. The van der Waals surface area contributed by atoms with Crippen LogP contribution in [0, 0.1) is 10.1 Å². The Bertz CT molecular complexity index is 746. The van der Waals surface area contributed by atoms with Gasteiger partial charge in [0.05, 0.1) is 16.5 Å². The molecule has 1 aromatic carbocycles. The monoisotopic (exact) mass is 348 g/mol. The van der Waals surface area contributed by atoms with Crippen molar-refractivity contribution in [3.05, 3.63) is 50.5 Å². The van der Waals surface area contributed by atoms with Crippen LogP contribution < -0.4 is 0 Å². The highest BCUT2D eigenvalue weighted by Crippen LogP contribution is 2.43. The number of benzene rings is 1. The van der Waals surface area contributed by atoms with Gasteiger partial charge in [-0.1, -0.05) is 19.1 Å². The molecule has 0 radical (unpaired) electrons. The van der Waals surface area contributed by atoms with Gasteiger partial charge in [0.2, 0.25) is 5.91 Å². The smallest absolute Gasteiger partial charge is 0.356 e. The Morgan fingerprint density at radius 1 is 1.42 bits per heavy atom. The highest BCUT2D eigenvalue weighted by atomic mass is 32.2. The maximum atomic E-state index is 12.5. The molecule has 2 aliphatic heterocycles. The Morgan fingerprint density at radius 2 is 2.17 bits per heavy atom. The Morgan fingerprint density at radius 3 is 2.83 bits per heavy atom. The summed E-state index contributed by atoms with van der Waals surface area (Å²) in [5.41, 5.74) is 0.541. The maximum Gasteiger partial charge on any atom is 0.356 e. The summed E-state index contributed by atoms with van der Waals surface area (Å²) in [6.45, 7) is 1.78. The zero-order chi connectivity index (χ0) is 17.3. The molecule has 0 saturated carbocycles. The first kappa shape index (κ1) is 16.5. The van der Waals surface area contributed by atoms with Crippen molar-refractivity contribution in [3.8, 4) is 0 Å². The number of para-hydroxylation sites is 1. The van der Waals surface area contributed by atoms with Crippen LogP contribution in [0.3, 0.4) is 0 Å². The number of fused-ring (bicyclic) bond motifs is 1. The fourth-order valence-electron chi connectivity index (χ4n) is 2.93. The molecule has 2 aliphatic rings. The van der Waals surface area contributed by atoms with Crippen molar-refractivity contribution in [1.82, 2.24) is 4.90 Å². The van der Waals surface area contributed by atoms with Gasteiger partial charge >= 0.3 is 5.97 Å². The molecular weight excluding hydrogens is 332 g/mol. The lowest BCUT2D eigenvalue weighted by atomic mass is 10.0. The highest BCUT2D eigenvalue weighted by Gasteiger charge is 2.47. The molecule has 1 fully saturated rings. The minimum atomic E-state index is -0.598. The molecule has 1 atom stereocenters. The first-order valence-corrected chi connectivity index (χ1v) is 8.59. The molecule has 1 aromatic rings. The third kappa shape index (κ3) is 2.89. The number of rotatable bonds is 6. The summed E-state index contributed by atoms with van der Waals surface area (Å²) in [5, 5.41) is 11.0. The number of ether oxygens (including phenoxy) is 1. The van der Waals surface area contributed by atoms with Crippen molar-refractivity contribution in [2.45, 2.75) is 32.4 Å². The molecule has 2 heterocycles. The van der Waals surface area contributed by atoms with Gasteiger partial charge in [0, 0.05) is 23.8 Å². The second-order valence-corrected chi connectivity index (χ2v) is 6.85. The number of nitrogens with zero attached hydrogens (tertiary/aromatic N) is 2. The van der Waals surface area contributed by atoms with E-state index >= 15 is 0 Å². The van der Waals surface area contributed by atoms with Crippen LogP contribution >= 0.6 is 11.8 Å². The predicted octanol–water partition coefficient (Wildman–Crippen LogP) is 2.61. The van der Waals surface area contributed by atoms with Gasteiger partial charge in [-0.15, -0.1) is 11.8 Å². The van der Waals surface area contributed by atoms with Crippen LogP contribution in [0.15, 0.2) is 34.9 Å². The van der Waals surface area contributed by atoms with E-state index in [0.717, 1.165) is 10.7 Å². The molecule has 1 unspecified atom stereocenters. The number of hydrogen-bond acceptors (Lipinski definition) is 6. The number of carbonyl (C=O) groups is 2. The first-order chi connectivity index (χ1) is 11.5. The van der Waals surface area contributed by atoms with E-state index in [1.165, 1.54) is 22.7 Å². The van der Waals surface area contributed by atoms with Crippen LogP contribution in [0.25, 0.3) is 0 Å². The van der Waals surface area contributed by atoms with Crippen LogP contribution in [-0.2, 0) is 20.9 Å². The topological polar surface area (TPSA) is 89.8 Å². The Kier molecular flexibility index (Phi) is 4.57. The predicted molar refractivity (Wildman–Crippen MR) is 87.9 cm³/mol. The van der Waals surface area contributed by atoms with Crippen molar-refractivity contribution in [3.63, 3.8) is 0 Å². The van der Waals surface area contributed by atoms with Gasteiger partial charge in [0.1, 0.15) is 12.3 Å². The second kappa shape index (κ2) is 6.64. The standard InChI is InChI=1S/C16H16N2O5S/c1-2-24-13-7-11-8-14(19)17(11)15(13)16(20)23-9-10-5-3-4-6-12(10)18(21)22/h3-6,11H,2,7-9H2,1H3. The lowest BCUT2D eigenvalue weighted by molar-refractivity contribution is -0.385. The average molecular weight is 348 g/mol. The van der Waals surface area contributed by atoms with Crippen molar-refractivity contribution < 1.29 is 19.2 Å². The quantitative estimate of drug-likeness (QED) is 0.340. The van der Waals surface area contributed by atoms with Crippen LogP contribution in [-0.4, -0.2) is 33.5 Å². The van der Waals surface area contributed by atoms with E-state index in [1.54, 1.807) is 18.2 Å². The SMILES string of the molecule is CCSC1=C(C(=O)OCc2ccccc2[N+](=O)[O-])N2C(=O)CC2C1. The van der Waals surface area contributed by atoms with E-state index in [1.807, 2.05) is 6.92 Å². The molecule has 3 rings (SSSR count). The van der Waals surface area contributed by atoms with E-state index in [4.69, 9.17) is 4.74 Å². The van der Waals surface area contributed by atoms with E-state index < -0.39 is 10.9 Å². The average Bonchev–Trinajstić information content (AvgIpc) is 2.85. The zero-order valence-electron chi connectivity index (χ0n) is 13.1. The molecule has 8 heteroatoms. The van der Waals surface area contributed by atoms with Crippen LogP contribution in [0.5, 0.6) is 0 Å². The largest absolute Gasteiger partial charge is 0.456 e. The van der Waals surface area contributed by atoms with Crippen molar-refractivity contribution in [2.75, 3.05) is 5.75 Å². The molecular formula is C16H16N2O5S. The van der Waals surface area contributed by atoms with E-state index in [-0.39, 0.29) is 24.2 Å². The summed E-state index contributed by atoms with van der Waals surface area (Å²) in [7, 11) is 0. The number of carbonyl (C=O) groups excluding carboxylic acids is 2. The number of hydrogen-bond donors (Lipinski definition) is 0. The zero-order valence-corrected chi connectivity index (χ0v) is 13.9. The number of β-lactam (4-membered cyclic amide) rings is 1. The Labute approximate surface area is 142 Å². The summed E-state index contributed by atoms with van der Waals surface area (Å²) in [5.74, 6) is 0.120. The van der Waals surface area contributed by atoms with Crippen molar-refractivity contribution in [1.29, 1.82) is 0 Å². The third-order valence-electron chi connectivity index (χ3n) is 4.03. The molecule has 0 spiro atoms. The van der Waals surface area contributed by atoms with Gasteiger partial charge in [-0.25, -0.2) is 4.79 Å². The maximum absolute atomic E-state index is 12.5. The summed E-state index contributed by atoms with van der Waals surface area (Å²) in [4.78, 5) is 37.1. The van der Waals surface area contributed by atoms with Gasteiger partial charge in [-0.05, 0) is 11.8 Å². The fourth-order valence-corrected chi connectivity index (χ4v) is 3.91. The van der Waals surface area contributed by atoms with Crippen molar-refractivity contribution in [2.24, 2.45) is 0 Å². The van der Waals surface area contributed by atoms with E-state index in [0.29, 0.717) is 24.1 Å². The number of esters is 1. The molecule has 0 aliphatic carbocycles. The summed E-state index contributed by atoms with van der Waals surface area (Å²) in [6, 6.07) is 6.18. The lowest BCUT2D eigenvalue weighted by Crippen LogP contribution is -2.49. The fraction of sp³-hybridized carbons (Fsp3) is 0.375. The number of amides is 1. The Balaban J connectivity index is 1.76. The summed E-state index contributed by atoms with van der Waals surface area (Å²) >= 11 is 1.53. The normalized spacial score (nSPS) is 19.1. The second-order valence-electron chi connectivity index (χ2n) is 5.49. The summed E-state index contributed by atoms with van der Waals surface area (Å²) in [6.07, 6.45) is 1.13. The summed E-state index contributed by atoms with van der Waals surface area (Å²) < 4.78 is 5.27. The van der Waals surface area contributed by atoms with Gasteiger partial charge in [0.25, 0.3) is 5.69 Å². The molecule has 1 saturated heterocycles. The first-order valence-electron chi connectivity index (χ1n) is 7.60. The molecule has 1 amide bonds. The lowest BCUT2D eigenvalue weighted by Gasteiger charge is -2.35. The van der Waals surface area contributed by atoms with E-state index in [9.17, 15) is 19.7 Å². The molecule has 0 N–H and O–H groups in total. The number of thioether (sulfide) groups is 1. The highest BCUT2D eigenvalue weighted by molar-refractivity contribution is 8.03. The van der Waals surface area contributed by atoms with Crippen LogP contribution in [0.1, 0.15) is 25.3 Å². The number of nitro groups is 1. The van der Waals surface area contributed by atoms with Gasteiger partial charge in [-0.3, -0.25) is 14.9 Å². The van der Waals surface area contributed by atoms with Gasteiger partial charge < -0.3 is 9.64 Å². The molecule has 0 aromatic heterocycles. The van der Waals surface area contributed by atoms with Crippen molar-refractivity contribution >= 4 is 29.3 Å². The minimum Gasteiger partial charge on any atom is -0.456 e. The van der Waals surface area contributed by atoms with Crippen LogP contribution in [0.2, 0.25) is 0 Å². The van der Waals surface area contributed by atoms with Crippen LogP contribution in [0.4, 0.5) is 5.69 Å². The minimum absolute atomic E-state index is 0.0557. The molecule has 24 heavy (non-hydrogen) atoms. The van der Waals surface area contributed by atoms with Gasteiger partial charge in [0.15, 0.2) is 0 Å². The number of nitro benzene ring substituents is 1. The third-order valence-corrected chi connectivity index (χ3v) is 5.03. The molecule has 126 valence electrons. The van der Waals surface area contributed by atoms with Gasteiger partial charge in [-0.2, -0.15) is 0 Å². The molecule has 0 bridgehead atoms. The Hall–Kier alpha value is -2.35. The van der Waals surface area contributed by atoms with E-state index in [2.05, 4.69) is 0 Å².